The van der Waals surface area contributed by atoms with Crippen molar-refractivity contribution in [3.05, 3.63) is 89.5 Å². The molecule has 0 heterocycles. The Bertz CT molecular complexity index is 1390. The molecule has 0 spiro atoms. The number of esters is 2. The Labute approximate surface area is 242 Å². The third-order valence-electron chi connectivity index (χ3n) is 5.70. The Kier molecular flexibility index (Phi) is 11.9. The third-order valence-corrected chi connectivity index (χ3v) is 5.70. The Morgan fingerprint density at radius 2 is 1.52 bits per heavy atom. The van der Waals surface area contributed by atoms with Gasteiger partial charge in [-0.3, -0.25) is 20.3 Å². The topological polar surface area (TPSA) is 162 Å². The van der Waals surface area contributed by atoms with Gasteiger partial charge in [-0.25, -0.2) is 9.59 Å². The second-order valence-electron chi connectivity index (χ2n) is 8.69. The van der Waals surface area contributed by atoms with Crippen molar-refractivity contribution in [2.45, 2.75) is 19.4 Å². The zero-order valence-corrected chi connectivity index (χ0v) is 23.1. The summed E-state index contributed by atoms with van der Waals surface area (Å²) in [5.74, 6) is -0.847. The van der Waals surface area contributed by atoms with Crippen molar-refractivity contribution in [2.75, 3.05) is 32.8 Å². The van der Waals surface area contributed by atoms with Crippen LogP contribution in [0.1, 0.15) is 23.1 Å². The summed E-state index contributed by atoms with van der Waals surface area (Å²) in [6.07, 6.45) is -0.425. The first-order chi connectivity index (χ1) is 20.3. The van der Waals surface area contributed by atoms with Gasteiger partial charge in [0, 0.05) is 17.7 Å². The minimum atomic E-state index is -0.752. The van der Waals surface area contributed by atoms with Crippen LogP contribution in [-0.2, 0) is 41.6 Å². The first-order valence-corrected chi connectivity index (χ1v) is 12.8. The highest BCUT2D eigenvalue weighted by atomic mass is 16.6. The molecule has 12 nitrogen and oxygen atoms in total. The van der Waals surface area contributed by atoms with Crippen LogP contribution in [0.2, 0.25) is 0 Å². The number of hydrogen-bond donors (Lipinski definition) is 3. The molecule has 0 saturated heterocycles. The zero-order valence-electron chi connectivity index (χ0n) is 23.1. The Morgan fingerprint density at radius 3 is 2.21 bits per heavy atom. The summed E-state index contributed by atoms with van der Waals surface area (Å²) < 4.78 is 25.4. The van der Waals surface area contributed by atoms with Gasteiger partial charge in [-0.2, -0.15) is 0 Å². The number of benzene rings is 3. The van der Waals surface area contributed by atoms with Crippen LogP contribution in [0.5, 0.6) is 11.5 Å². The van der Waals surface area contributed by atoms with E-state index < -0.39 is 23.9 Å². The number of anilines is 1. The molecule has 2 amide bonds. The summed E-state index contributed by atoms with van der Waals surface area (Å²) in [4.78, 5) is 47.6. The molecule has 0 unspecified atom stereocenters. The number of amides is 2. The number of rotatable bonds is 13. The fourth-order valence-electron chi connectivity index (χ4n) is 3.52. The van der Waals surface area contributed by atoms with E-state index in [1.54, 1.807) is 42.5 Å². The third kappa shape index (κ3) is 10.3. The van der Waals surface area contributed by atoms with Gasteiger partial charge in [0.05, 0.1) is 14.2 Å². The van der Waals surface area contributed by atoms with E-state index in [2.05, 4.69) is 20.1 Å². The van der Waals surface area contributed by atoms with Gasteiger partial charge in [0.2, 0.25) is 0 Å². The molecule has 3 aromatic rings. The molecule has 3 N–H and O–H groups in total. The summed E-state index contributed by atoms with van der Waals surface area (Å²) in [5.41, 5.74) is 2.25. The molecular weight excluding hydrogens is 546 g/mol. The summed E-state index contributed by atoms with van der Waals surface area (Å²) >= 11 is 0. The van der Waals surface area contributed by atoms with Gasteiger partial charge in [0.1, 0.15) is 23.9 Å². The maximum Gasteiger partial charge on any atom is 0.413 e. The van der Waals surface area contributed by atoms with Gasteiger partial charge in [-0.15, -0.1) is 0 Å². The van der Waals surface area contributed by atoms with Gasteiger partial charge in [0.25, 0.3) is 5.91 Å². The van der Waals surface area contributed by atoms with Crippen LogP contribution in [-0.4, -0.2) is 57.2 Å². The second kappa shape index (κ2) is 16.0. The Morgan fingerprint density at radius 1 is 0.810 bits per heavy atom. The van der Waals surface area contributed by atoms with E-state index in [4.69, 9.17) is 19.6 Å². The van der Waals surface area contributed by atoms with Gasteiger partial charge in [-0.1, -0.05) is 30.3 Å². The highest BCUT2D eigenvalue weighted by Gasteiger charge is 2.13. The van der Waals surface area contributed by atoms with E-state index in [9.17, 15) is 19.2 Å². The minimum absolute atomic E-state index is 0.0729. The number of methoxy groups -OCH3 is 2. The standard InChI is InChI=1S/C30H31N3O9/c1-38-27(35)15-10-22-16-23(11-14-25(22)41-19-28(36)39-2)32-26(34)18-40-24-12-8-21(9-13-24)29(31)33-30(37)42-17-20-6-4-3-5-7-20/h3-9,11-14,16H,10,15,17-19H2,1-2H3,(H,32,34)(H2,31,33,37). The highest BCUT2D eigenvalue weighted by Crippen LogP contribution is 2.25. The summed E-state index contributed by atoms with van der Waals surface area (Å²) in [6.45, 7) is -0.538. The van der Waals surface area contributed by atoms with Crippen molar-refractivity contribution in [3.8, 4) is 11.5 Å². The molecule has 220 valence electrons. The van der Waals surface area contributed by atoms with Crippen LogP contribution in [0, 0.1) is 5.41 Å². The number of hydrogen-bond acceptors (Lipinski definition) is 10. The molecule has 0 radical (unpaired) electrons. The monoisotopic (exact) mass is 577 g/mol. The molecule has 3 aromatic carbocycles. The molecular formula is C30H31N3O9. The van der Waals surface area contributed by atoms with Gasteiger partial charge >= 0.3 is 18.0 Å². The number of nitrogens with one attached hydrogen (secondary N) is 3. The molecule has 0 aliphatic heterocycles. The molecule has 12 heteroatoms. The summed E-state index contributed by atoms with van der Waals surface area (Å²) in [6, 6.07) is 20.2. The van der Waals surface area contributed by atoms with E-state index in [1.165, 1.54) is 14.2 Å². The van der Waals surface area contributed by atoms with E-state index in [-0.39, 0.29) is 38.5 Å². The summed E-state index contributed by atoms with van der Waals surface area (Å²) in [5, 5.41) is 13.2. The van der Waals surface area contributed by atoms with E-state index >= 15 is 0 Å². The number of ether oxygens (including phenoxy) is 5. The smallest absolute Gasteiger partial charge is 0.413 e. The molecule has 42 heavy (non-hydrogen) atoms. The van der Waals surface area contributed by atoms with E-state index in [0.717, 1.165) is 5.56 Å². The first kappa shape index (κ1) is 31.1. The zero-order chi connectivity index (χ0) is 30.3. The van der Waals surface area contributed by atoms with Gasteiger partial charge in [-0.05, 0) is 60.0 Å². The molecule has 0 aliphatic rings. The van der Waals surface area contributed by atoms with Crippen LogP contribution in [0.15, 0.2) is 72.8 Å². The SMILES string of the molecule is COC(=O)CCc1cc(NC(=O)COc2ccc(C(=N)NC(=O)OCc3ccccc3)cc2)ccc1OCC(=O)OC. The quantitative estimate of drug-likeness (QED) is 0.119. The van der Waals surface area contributed by atoms with Crippen molar-refractivity contribution in [1.82, 2.24) is 5.32 Å². The average Bonchev–Trinajstić information content (AvgIpc) is 3.01. The van der Waals surface area contributed by atoms with Crippen molar-refractivity contribution in [1.29, 1.82) is 5.41 Å². The number of carbonyl (C=O) groups is 4. The lowest BCUT2D eigenvalue weighted by Crippen LogP contribution is -2.30. The average molecular weight is 578 g/mol. The fourth-order valence-corrected chi connectivity index (χ4v) is 3.52. The molecule has 0 saturated carbocycles. The van der Waals surface area contributed by atoms with Crippen LogP contribution in [0.4, 0.5) is 10.5 Å². The minimum Gasteiger partial charge on any atom is -0.484 e. The fraction of sp³-hybridized carbons (Fsp3) is 0.233. The number of carbonyl (C=O) groups excluding carboxylic acids is 4. The number of alkyl carbamates (subject to hydrolysis) is 1. The molecule has 0 fully saturated rings. The Balaban J connectivity index is 1.50. The van der Waals surface area contributed by atoms with Crippen LogP contribution >= 0.6 is 0 Å². The van der Waals surface area contributed by atoms with Crippen molar-refractivity contribution >= 4 is 35.5 Å². The van der Waals surface area contributed by atoms with Crippen molar-refractivity contribution in [3.63, 3.8) is 0 Å². The first-order valence-electron chi connectivity index (χ1n) is 12.8. The lowest BCUT2D eigenvalue weighted by Gasteiger charge is -2.13. The van der Waals surface area contributed by atoms with Crippen LogP contribution < -0.4 is 20.1 Å². The molecule has 0 bridgehead atoms. The maximum absolute atomic E-state index is 12.5. The Hall–Kier alpha value is -5.39. The lowest BCUT2D eigenvalue weighted by molar-refractivity contribution is -0.143. The number of amidine groups is 1. The van der Waals surface area contributed by atoms with Crippen LogP contribution in [0.25, 0.3) is 0 Å². The molecule has 0 atom stereocenters. The molecule has 3 rings (SSSR count). The lowest BCUT2D eigenvalue weighted by atomic mass is 10.1. The largest absolute Gasteiger partial charge is 0.484 e. The van der Waals surface area contributed by atoms with E-state index in [0.29, 0.717) is 28.3 Å². The van der Waals surface area contributed by atoms with E-state index in [1.807, 2.05) is 30.3 Å². The van der Waals surface area contributed by atoms with Crippen molar-refractivity contribution < 1.29 is 42.9 Å². The normalized spacial score (nSPS) is 10.1. The highest BCUT2D eigenvalue weighted by molar-refractivity contribution is 6.04. The number of aryl methyl sites for hydroxylation is 1. The summed E-state index contributed by atoms with van der Waals surface area (Å²) in [7, 11) is 2.53. The van der Waals surface area contributed by atoms with Gasteiger partial charge in [0.15, 0.2) is 13.2 Å². The molecule has 0 aliphatic carbocycles. The molecule has 0 aromatic heterocycles. The van der Waals surface area contributed by atoms with Crippen LogP contribution in [0.3, 0.4) is 0 Å². The second-order valence-corrected chi connectivity index (χ2v) is 8.69. The van der Waals surface area contributed by atoms with Gasteiger partial charge < -0.3 is 29.0 Å². The van der Waals surface area contributed by atoms with Crippen molar-refractivity contribution in [2.24, 2.45) is 0 Å². The predicted molar refractivity (Wildman–Crippen MR) is 151 cm³/mol. The maximum atomic E-state index is 12.5. The predicted octanol–water partition coefficient (Wildman–Crippen LogP) is 3.61.